The molecule has 0 N–H and O–H groups in total. The molecule has 0 radical (unpaired) electrons. The van der Waals surface area contributed by atoms with E-state index in [2.05, 4.69) is 20.1 Å². The molecule has 0 amide bonds. The van der Waals surface area contributed by atoms with Crippen LogP contribution in [0.3, 0.4) is 0 Å². The number of hydrogen-bond acceptors (Lipinski definition) is 0. The molecule has 0 aromatic carbocycles. The van der Waals surface area contributed by atoms with Gasteiger partial charge in [0.25, 0.3) is 0 Å². The molecule has 108 valence electrons. The topological polar surface area (TPSA) is 0 Å². The van der Waals surface area contributed by atoms with Gasteiger partial charge in [-0.3, -0.25) is 0 Å². The van der Waals surface area contributed by atoms with E-state index in [1.807, 2.05) is 0 Å². The minimum Gasteiger partial charge on any atom is -0.203 e. The number of halogens is 2. The molecule has 1 saturated carbocycles. The van der Waals surface area contributed by atoms with Crippen molar-refractivity contribution in [1.82, 2.24) is 0 Å². The first-order valence-corrected chi connectivity index (χ1v) is 7.35. The van der Waals surface area contributed by atoms with Gasteiger partial charge in [-0.05, 0) is 42.7 Å². The molecule has 0 heterocycles. The highest BCUT2D eigenvalue weighted by molar-refractivity contribution is 5.33. The third-order valence-electron chi connectivity index (χ3n) is 4.28. The van der Waals surface area contributed by atoms with Gasteiger partial charge in [-0.2, -0.15) is 0 Å². The third-order valence-corrected chi connectivity index (χ3v) is 4.28. The largest absolute Gasteiger partial charge is 0.203 e. The summed E-state index contributed by atoms with van der Waals surface area (Å²) in [7, 11) is 0. The van der Waals surface area contributed by atoms with Gasteiger partial charge in [-0.1, -0.05) is 52.2 Å². The third kappa shape index (κ3) is 4.93. The number of hydrogen-bond donors (Lipinski definition) is 0. The van der Waals surface area contributed by atoms with Gasteiger partial charge in [-0.15, -0.1) is 0 Å². The Kier molecular flexibility index (Phi) is 6.47. The maximum absolute atomic E-state index is 13.7. The van der Waals surface area contributed by atoms with E-state index in [0.717, 1.165) is 12.3 Å². The zero-order chi connectivity index (χ0) is 14.4. The lowest BCUT2D eigenvalue weighted by Crippen LogP contribution is -2.14. The first-order valence-electron chi connectivity index (χ1n) is 7.35. The molecule has 0 saturated heterocycles. The van der Waals surface area contributed by atoms with Crippen LogP contribution >= 0.6 is 0 Å². The molecule has 0 atom stereocenters. The van der Waals surface area contributed by atoms with Gasteiger partial charge >= 0.3 is 0 Å². The molecule has 0 nitrogen and oxygen atoms in total. The summed E-state index contributed by atoms with van der Waals surface area (Å²) in [5.41, 5.74) is 0.403. The lowest BCUT2D eigenvalue weighted by Gasteiger charge is -2.27. The molecule has 1 rings (SSSR count). The summed E-state index contributed by atoms with van der Waals surface area (Å²) in [6.45, 7) is 10.8. The highest BCUT2D eigenvalue weighted by atomic mass is 19.2. The normalized spacial score (nSPS) is 24.8. The van der Waals surface area contributed by atoms with E-state index in [1.165, 1.54) is 39.0 Å². The number of rotatable bonds is 6. The van der Waals surface area contributed by atoms with Crippen LogP contribution in [0.25, 0.3) is 0 Å². The van der Waals surface area contributed by atoms with Gasteiger partial charge in [0.05, 0.1) is 0 Å². The Hall–Kier alpha value is -0.920. The zero-order valence-electron chi connectivity index (χ0n) is 12.3. The van der Waals surface area contributed by atoms with E-state index in [9.17, 15) is 8.78 Å². The molecule has 1 aliphatic carbocycles. The van der Waals surface area contributed by atoms with Crippen molar-refractivity contribution in [1.29, 1.82) is 0 Å². The first-order chi connectivity index (χ1) is 8.95. The monoisotopic (exact) mass is 268 g/mol. The van der Waals surface area contributed by atoms with Crippen LogP contribution in [0.15, 0.2) is 36.0 Å². The van der Waals surface area contributed by atoms with Gasteiger partial charge in [-0.25, -0.2) is 8.78 Å². The van der Waals surface area contributed by atoms with Crippen molar-refractivity contribution < 1.29 is 8.78 Å². The predicted octanol–water partition coefficient (Wildman–Crippen LogP) is 6.27. The predicted molar refractivity (Wildman–Crippen MR) is 78.2 cm³/mol. The lowest BCUT2D eigenvalue weighted by atomic mass is 9.78. The molecule has 0 aromatic heterocycles. The fraction of sp³-hybridized carbons (Fsp3) is 0.647. The molecular formula is C17H26F2. The summed E-state index contributed by atoms with van der Waals surface area (Å²) in [4.78, 5) is 0. The van der Waals surface area contributed by atoms with Crippen LogP contribution in [-0.2, 0) is 0 Å². The fourth-order valence-electron chi connectivity index (χ4n) is 2.76. The summed E-state index contributed by atoms with van der Waals surface area (Å²) in [5, 5.41) is 0. The van der Waals surface area contributed by atoms with E-state index in [4.69, 9.17) is 0 Å². The zero-order valence-corrected chi connectivity index (χ0v) is 12.3. The number of allylic oxidation sites excluding steroid dienone is 4. The maximum Gasteiger partial charge on any atom is 0.161 e. The van der Waals surface area contributed by atoms with Crippen molar-refractivity contribution >= 4 is 0 Å². The average Bonchev–Trinajstić information content (AvgIpc) is 2.43. The average molecular weight is 268 g/mol. The molecular weight excluding hydrogens is 242 g/mol. The van der Waals surface area contributed by atoms with Crippen LogP contribution in [0.2, 0.25) is 0 Å². The van der Waals surface area contributed by atoms with Crippen LogP contribution in [0.1, 0.15) is 58.8 Å². The Morgan fingerprint density at radius 2 is 1.53 bits per heavy atom. The molecule has 19 heavy (non-hydrogen) atoms. The Morgan fingerprint density at radius 3 is 2.00 bits per heavy atom. The second kappa shape index (κ2) is 7.62. The van der Waals surface area contributed by atoms with Crippen molar-refractivity contribution in [2.75, 3.05) is 0 Å². The van der Waals surface area contributed by atoms with E-state index >= 15 is 0 Å². The van der Waals surface area contributed by atoms with E-state index in [1.54, 1.807) is 0 Å². The van der Waals surface area contributed by atoms with Crippen molar-refractivity contribution in [3.63, 3.8) is 0 Å². The van der Waals surface area contributed by atoms with Gasteiger partial charge in [0.1, 0.15) is 0 Å². The molecule has 0 unspecified atom stereocenters. The molecule has 0 aliphatic heterocycles. The highest BCUT2D eigenvalue weighted by Crippen LogP contribution is 2.34. The minimum atomic E-state index is -0.848. The molecule has 0 bridgehead atoms. The highest BCUT2D eigenvalue weighted by Gasteiger charge is 2.20. The molecule has 0 aromatic rings. The van der Waals surface area contributed by atoms with Crippen molar-refractivity contribution in [2.45, 2.75) is 58.8 Å². The summed E-state index contributed by atoms with van der Waals surface area (Å²) in [6.07, 6.45) is 7.75. The summed E-state index contributed by atoms with van der Waals surface area (Å²) >= 11 is 0. The van der Waals surface area contributed by atoms with Crippen LogP contribution in [0, 0.1) is 11.8 Å². The van der Waals surface area contributed by atoms with Gasteiger partial charge < -0.3 is 0 Å². The second-order valence-electron chi connectivity index (χ2n) is 5.85. The van der Waals surface area contributed by atoms with Gasteiger partial charge in [0.15, 0.2) is 11.7 Å². The van der Waals surface area contributed by atoms with Gasteiger partial charge in [0.2, 0.25) is 0 Å². The quantitative estimate of drug-likeness (QED) is 0.498. The summed E-state index contributed by atoms with van der Waals surface area (Å²) in [5.74, 6) is -0.133. The molecule has 2 heteroatoms. The Labute approximate surface area is 116 Å². The first kappa shape index (κ1) is 16.1. The fourth-order valence-corrected chi connectivity index (χ4v) is 2.76. The standard InChI is InChI=1S/C17H26F2/c1-5-14-8-10-15(11-9-14)7-6-13(4)17(19)16(18)12(2)3/h14-15H,2,4-11H2,1,3H3/b17-16-. The van der Waals surface area contributed by atoms with E-state index < -0.39 is 11.7 Å². The van der Waals surface area contributed by atoms with E-state index in [-0.39, 0.29) is 11.1 Å². The van der Waals surface area contributed by atoms with Crippen LogP contribution in [0.4, 0.5) is 8.78 Å². The Bertz CT molecular complexity index is 357. The summed E-state index contributed by atoms with van der Waals surface area (Å²) < 4.78 is 27.0. The Balaban J connectivity index is 2.39. The SMILES string of the molecule is C=C(C)/C(F)=C(/F)C(=C)CCC1CCC(CC)CC1. The van der Waals surface area contributed by atoms with E-state index in [0.29, 0.717) is 12.3 Å². The molecule has 1 fully saturated rings. The van der Waals surface area contributed by atoms with Crippen molar-refractivity contribution in [3.8, 4) is 0 Å². The maximum atomic E-state index is 13.7. The van der Waals surface area contributed by atoms with Crippen molar-refractivity contribution in [2.24, 2.45) is 11.8 Å². The minimum absolute atomic E-state index is 0.127. The van der Waals surface area contributed by atoms with Crippen LogP contribution < -0.4 is 0 Å². The van der Waals surface area contributed by atoms with Crippen molar-refractivity contribution in [3.05, 3.63) is 36.0 Å². The smallest absolute Gasteiger partial charge is 0.161 e. The Morgan fingerprint density at radius 1 is 1.00 bits per heavy atom. The van der Waals surface area contributed by atoms with Gasteiger partial charge in [0, 0.05) is 0 Å². The van der Waals surface area contributed by atoms with Crippen LogP contribution in [-0.4, -0.2) is 0 Å². The molecule has 1 aliphatic rings. The lowest BCUT2D eigenvalue weighted by molar-refractivity contribution is 0.258. The second-order valence-corrected chi connectivity index (χ2v) is 5.85. The summed E-state index contributed by atoms with van der Waals surface area (Å²) in [6, 6.07) is 0. The van der Waals surface area contributed by atoms with Crippen LogP contribution in [0.5, 0.6) is 0 Å². The molecule has 0 spiro atoms.